The fraction of sp³-hybridized carbons (Fsp3) is 0.636. The van der Waals surface area contributed by atoms with Crippen LogP contribution >= 0.6 is 0 Å². The largest absolute Gasteiger partial charge is 0.461 e. The molecular weight excluding hydrogens is 286 g/mol. The second-order valence-corrected chi connectivity index (χ2v) is 6.11. The summed E-state index contributed by atoms with van der Waals surface area (Å²) in [6, 6.07) is 0. The first-order chi connectivity index (χ1) is 9.45. The third-order valence-electron chi connectivity index (χ3n) is 2.94. The van der Waals surface area contributed by atoms with Crippen LogP contribution in [0, 0.1) is 0 Å². The zero-order valence-corrected chi connectivity index (χ0v) is 11.9. The van der Waals surface area contributed by atoms with Gasteiger partial charge in [-0.05, 0) is 12.8 Å². The summed E-state index contributed by atoms with van der Waals surface area (Å²) in [5.41, 5.74) is 0.128. The summed E-state index contributed by atoms with van der Waals surface area (Å²) >= 11 is 0. The van der Waals surface area contributed by atoms with Crippen LogP contribution < -0.4 is 5.14 Å². The van der Waals surface area contributed by atoms with E-state index in [1.165, 1.54) is 7.11 Å². The number of methoxy groups -OCH3 is 1. The SMILES string of the molecule is COCCCOC(=O)c1n[nH]c(C2CC2)c1S(N)(=O)=O. The number of nitrogens with zero attached hydrogens (tertiary/aromatic N) is 1. The summed E-state index contributed by atoms with van der Waals surface area (Å²) in [6.07, 6.45) is 2.23. The molecule has 0 spiro atoms. The number of hydrogen-bond donors (Lipinski definition) is 2. The van der Waals surface area contributed by atoms with Crippen molar-refractivity contribution in [2.24, 2.45) is 5.14 Å². The fourth-order valence-corrected chi connectivity index (χ4v) is 2.77. The van der Waals surface area contributed by atoms with Crippen molar-refractivity contribution in [1.82, 2.24) is 10.2 Å². The van der Waals surface area contributed by atoms with E-state index in [-0.39, 0.29) is 23.1 Å². The molecule has 0 aliphatic heterocycles. The lowest BCUT2D eigenvalue weighted by Gasteiger charge is -2.04. The lowest BCUT2D eigenvalue weighted by Crippen LogP contribution is -2.18. The van der Waals surface area contributed by atoms with Crippen LogP contribution in [0.2, 0.25) is 0 Å². The Morgan fingerprint density at radius 1 is 1.45 bits per heavy atom. The van der Waals surface area contributed by atoms with Crippen molar-refractivity contribution in [3.63, 3.8) is 0 Å². The lowest BCUT2D eigenvalue weighted by molar-refractivity contribution is 0.0457. The molecule has 0 aromatic carbocycles. The van der Waals surface area contributed by atoms with Crippen LogP contribution in [0.4, 0.5) is 0 Å². The summed E-state index contributed by atoms with van der Waals surface area (Å²) < 4.78 is 33.1. The van der Waals surface area contributed by atoms with Gasteiger partial charge in [0.1, 0.15) is 4.90 Å². The maximum atomic E-state index is 11.9. The molecule has 1 aromatic heterocycles. The number of primary sulfonamides is 1. The van der Waals surface area contributed by atoms with Gasteiger partial charge in [-0.1, -0.05) is 0 Å². The van der Waals surface area contributed by atoms with Crippen LogP contribution in [0.5, 0.6) is 0 Å². The van der Waals surface area contributed by atoms with Gasteiger partial charge in [0.05, 0.1) is 12.3 Å². The number of aromatic nitrogens is 2. The third-order valence-corrected chi connectivity index (χ3v) is 3.92. The Balaban J connectivity index is 2.17. The van der Waals surface area contributed by atoms with Gasteiger partial charge in [-0.25, -0.2) is 18.4 Å². The number of rotatable bonds is 7. The van der Waals surface area contributed by atoms with Gasteiger partial charge >= 0.3 is 5.97 Å². The van der Waals surface area contributed by atoms with Gasteiger partial charge in [-0.2, -0.15) is 5.10 Å². The van der Waals surface area contributed by atoms with Crippen LogP contribution in [0.25, 0.3) is 0 Å². The molecule has 1 fully saturated rings. The maximum absolute atomic E-state index is 11.9. The Bertz CT molecular complexity index is 591. The number of carbonyl (C=O) groups excluding carboxylic acids is 1. The average molecular weight is 303 g/mol. The molecule has 9 heteroatoms. The highest BCUT2D eigenvalue weighted by Crippen LogP contribution is 2.42. The Morgan fingerprint density at radius 2 is 2.15 bits per heavy atom. The fourth-order valence-electron chi connectivity index (χ4n) is 1.86. The lowest BCUT2D eigenvalue weighted by atomic mass is 10.2. The van der Waals surface area contributed by atoms with Crippen molar-refractivity contribution >= 4 is 16.0 Å². The van der Waals surface area contributed by atoms with E-state index < -0.39 is 16.0 Å². The molecule has 0 saturated heterocycles. The first kappa shape index (κ1) is 14.9. The number of nitrogens with two attached hydrogens (primary N) is 1. The van der Waals surface area contributed by atoms with Crippen LogP contribution in [0.15, 0.2) is 4.90 Å². The molecule has 2 rings (SSSR count). The van der Waals surface area contributed by atoms with Crippen LogP contribution in [-0.4, -0.2) is 44.9 Å². The number of H-pyrrole nitrogens is 1. The quantitative estimate of drug-likeness (QED) is 0.545. The number of sulfonamides is 1. The molecular formula is C11H17N3O5S. The van der Waals surface area contributed by atoms with Crippen molar-refractivity contribution in [3.05, 3.63) is 11.4 Å². The standard InChI is InChI=1S/C11H17N3O5S/c1-18-5-2-6-19-11(15)9-10(20(12,16)17)8(13-14-9)7-3-4-7/h7H,2-6H2,1H3,(H,13,14)(H2,12,16,17). The molecule has 1 saturated carbocycles. The first-order valence-electron chi connectivity index (χ1n) is 6.22. The normalized spacial score (nSPS) is 15.3. The van der Waals surface area contributed by atoms with Crippen molar-refractivity contribution in [2.45, 2.75) is 30.1 Å². The molecule has 0 atom stereocenters. The number of aromatic amines is 1. The predicted octanol–water partition coefficient (Wildman–Crippen LogP) is 0.128. The molecule has 20 heavy (non-hydrogen) atoms. The molecule has 3 N–H and O–H groups in total. The molecule has 1 aromatic rings. The van der Waals surface area contributed by atoms with Crippen molar-refractivity contribution in [3.8, 4) is 0 Å². The number of esters is 1. The van der Waals surface area contributed by atoms with E-state index in [0.717, 1.165) is 12.8 Å². The Labute approximate surface area is 116 Å². The highest BCUT2D eigenvalue weighted by atomic mass is 32.2. The van der Waals surface area contributed by atoms with Gasteiger partial charge in [0.15, 0.2) is 5.69 Å². The number of carbonyl (C=O) groups is 1. The molecule has 112 valence electrons. The number of ether oxygens (including phenoxy) is 2. The van der Waals surface area contributed by atoms with E-state index in [4.69, 9.17) is 14.6 Å². The monoisotopic (exact) mass is 303 g/mol. The van der Waals surface area contributed by atoms with E-state index in [1.807, 2.05) is 0 Å². The highest BCUT2D eigenvalue weighted by molar-refractivity contribution is 7.89. The Morgan fingerprint density at radius 3 is 2.70 bits per heavy atom. The van der Waals surface area contributed by atoms with Gasteiger partial charge < -0.3 is 9.47 Å². The second kappa shape index (κ2) is 5.90. The van der Waals surface area contributed by atoms with Crippen LogP contribution in [0.3, 0.4) is 0 Å². The molecule has 1 aliphatic rings. The van der Waals surface area contributed by atoms with E-state index in [2.05, 4.69) is 10.2 Å². The molecule has 0 bridgehead atoms. The summed E-state index contributed by atoms with van der Waals surface area (Å²) in [4.78, 5) is 11.6. The molecule has 1 heterocycles. The highest BCUT2D eigenvalue weighted by Gasteiger charge is 2.36. The molecule has 0 unspecified atom stereocenters. The van der Waals surface area contributed by atoms with Gasteiger partial charge in [0, 0.05) is 26.1 Å². The predicted molar refractivity (Wildman–Crippen MR) is 68.7 cm³/mol. The zero-order valence-electron chi connectivity index (χ0n) is 11.1. The maximum Gasteiger partial charge on any atom is 0.360 e. The number of nitrogens with one attached hydrogen (secondary N) is 1. The Kier molecular flexibility index (Phi) is 4.41. The summed E-state index contributed by atoms with van der Waals surface area (Å²) in [7, 11) is -2.49. The van der Waals surface area contributed by atoms with E-state index in [9.17, 15) is 13.2 Å². The second-order valence-electron chi connectivity index (χ2n) is 4.62. The first-order valence-corrected chi connectivity index (χ1v) is 7.77. The molecule has 1 aliphatic carbocycles. The Hall–Kier alpha value is -1.45. The minimum absolute atomic E-state index is 0.0749. The van der Waals surface area contributed by atoms with E-state index >= 15 is 0 Å². The van der Waals surface area contributed by atoms with E-state index in [1.54, 1.807) is 0 Å². The summed E-state index contributed by atoms with van der Waals surface area (Å²) in [5.74, 6) is -0.723. The van der Waals surface area contributed by atoms with Crippen molar-refractivity contribution < 1.29 is 22.7 Å². The van der Waals surface area contributed by atoms with Crippen molar-refractivity contribution in [2.75, 3.05) is 20.3 Å². The number of hydrogen-bond acceptors (Lipinski definition) is 6. The molecule has 0 radical (unpaired) electrons. The third kappa shape index (κ3) is 3.35. The van der Waals surface area contributed by atoms with Gasteiger partial charge in [-0.3, -0.25) is 5.10 Å². The van der Waals surface area contributed by atoms with Crippen LogP contribution in [0.1, 0.15) is 41.4 Å². The summed E-state index contributed by atoms with van der Waals surface area (Å²) in [5, 5.41) is 11.5. The van der Waals surface area contributed by atoms with E-state index in [0.29, 0.717) is 18.7 Å². The molecule has 8 nitrogen and oxygen atoms in total. The average Bonchev–Trinajstić information content (AvgIpc) is 3.11. The van der Waals surface area contributed by atoms with Gasteiger partial charge in [0.25, 0.3) is 0 Å². The summed E-state index contributed by atoms with van der Waals surface area (Å²) in [6.45, 7) is 0.575. The minimum Gasteiger partial charge on any atom is -0.461 e. The zero-order chi connectivity index (χ0) is 14.8. The smallest absolute Gasteiger partial charge is 0.360 e. The topological polar surface area (TPSA) is 124 Å². The van der Waals surface area contributed by atoms with Crippen molar-refractivity contribution in [1.29, 1.82) is 0 Å². The van der Waals surface area contributed by atoms with Gasteiger partial charge in [0.2, 0.25) is 10.0 Å². The minimum atomic E-state index is -4.03. The van der Waals surface area contributed by atoms with Crippen LogP contribution in [-0.2, 0) is 19.5 Å². The van der Waals surface area contributed by atoms with Gasteiger partial charge in [-0.15, -0.1) is 0 Å². The molecule has 0 amide bonds.